The van der Waals surface area contributed by atoms with Gasteiger partial charge in [0.25, 0.3) is 0 Å². The van der Waals surface area contributed by atoms with Crippen LogP contribution in [0.4, 0.5) is 23.1 Å². The van der Waals surface area contributed by atoms with E-state index in [2.05, 4.69) is 36.1 Å². The first kappa shape index (κ1) is 15.7. The van der Waals surface area contributed by atoms with Gasteiger partial charge in [-0.25, -0.2) is 9.67 Å². The summed E-state index contributed by atoms with van der Waals surface area (Å²) in [6.07, 6.45) is 3.34. The molecule has 0 saturated carbocycles. The Bertz CT molecular complexity index is 827. The van der Waals surface area contributed by atoms with Crippen LogP contribution < -0.4 is 15.5 Å². The van der Waals surface area contributed by atoms with Crippen molar-refractivity contribution in [1.82, 2.24) is 30.2 Å². The van der Waals surface area contributed by atoms with Gasteiger partial charge in [-0.1, -0.05) is 6.07 Å². The molecule has 0 aliphatic heterocycles. The fourth-order valence-electron chi connectivity index (χ4n) is 2.28. The van der Waals surface area contributed by atoms with Gasteiger partial charge in [0.15, 0.2) is 5.82 Å². The molecule has 0 bridgehead atoms. The van der Waals surface area contributed by atoms with Gasteiger partial charge in [-0.3, -0.25) is 0 Å². The first-order chi connectivity index (χ1) is 11.6. The Labute approximate surface area is 139 Å². The first-order valence-corrected chi connectivity index (χ1v) is 7.41. The topological polar surface area (TPSA) is 96.7 Å². The minimum atomic E-state index is 0.511. The van der Waals surface area contributed by atoms with Crippen LogP contribution in [0.5, 0.6) is 0 Å². The van der Waals surface area contributed by atoms with Crippen molar-refractivity contribution in [3.05, 3.63) is 36.3 Å². The van der Waals surface area contributed by atoms with E-state index in [1.54, 1.807) is 17.2 Å². The van der Waals surface area contributed by atoms with E-state index in [1.807, 2.05) is 51.2 Å². The Morgan fingerprint density at radius 3 is 2.71 bits per heavy atom. The van der Waals surface area contributed by atoms with Crippen LogP contribution in [0.25, 0.3) is 5.69 Å². The lowest BCUT2D eigenvalue weighted by Gasteiger charge is -2.17. The molecule has 0 aliphatic carbocycles. The van der Waals surface area contributed by atoms with Gasteiger partial charge in [0.1, 0.15) is 6.33 Å². The van der Waals surface area contributed by atoms with Crippen molar-refractivity contribution < 1.29 is 0 Å². The highest BCUT2D eigenvalue weighted by Crippen LogP contribution is 2.24. The summed E-state index contributed by atoms with van der Waals surface area (Å²) >= 11 is 0. The second-order valence-electron chi connectivity index (χ2n) is 5.45. The minimum Gasteiger partial charge on any atom is -0.373 e. The van der Waals surface area contributed by atoms with Crippen molar-refractivity contribution in [2.45, 2.75) is 6.92 Å². The van der Waals surface area contributed by atoms with Crippen molar-refractivity contribution in [3.63, 3.8) is 0 Å². The molecule has 3 aromatic rings. The van der Waals surface area contributed by atoms with Gasteiger partial charge >= 0.3 is 0 Å². The molecule has 0 radical (unpaired) electrons. The Morgan fingerprint density at radius 2 is 2.04 bits per heavy atom. The molecule has 0 atom stereocenters. The van der Waals surface area contributed by atoms with Gasteiger partial charge in [0.05, 0.1) is 17.6 Å². The number of tetrazole rings is 1. The zero-order chi connectivity index (χ0) is 17.1. The summed E-state index contributed by atoms with van der Waals surface area (Å²) in [5.41, 5.74) is 3.73. The maximum Gasteiger partial charge on any atom is 0.229 e. The largest absolute Gasteiger partial charge is 0.373 e. The van der Waals surface area contributed by atoms with Gasteiger partial charge in [-0.15, -0.1) is 5.10 Å². The minimum absolute atomic E-state index is 0.511. The lowest BCUT2D eigenvalue weighted by Crippen LogP contribution is -2.13. The fraction of sp³-hybridized carbons (Fsp3) is 0.267. The quantitative estimate of drug-likeness (QED) is 0.730. The van der Waals surface area contributed by atoms with Gasteiger partial charge < -0.3 is 15.5 Å². The van der Waals surface area contributed by atoms with Gasteiger partial charge in [-0.05, 0) is 35.0 Å². The fourth-order valence-corrected chi connectivity index (χ4v) is 2.28. The summed E-state index contributed by atoms with van der Waals surface area (Å²) in [4.78, 5) is 10.8. The third-order valence-electron chi connectivity index (χ3n) is 3.55. The first-order valence-electron chi connectivity index (χ1n) is 7.41. The molecule has 0 unspecified atom stereocenters. The van der Waals surface area contributed by atoms with Crippen molar-refractivity contribution in [2.24, 2.45) is 0 Å². The van der Waals surface area contributed by atoms with Crippen LogP contribution in [0.2, 0.25) is 0 Å². The lowest BCUT2D eigenvalue weighted by molar-refractivity contribution is 0.785. The second-order valence-corrected chi connectivity index (χ2v) is 5.45. The van der Waals surface area contributed by atoms with Gasteiger partial charge in [0, 0.05) is 26.8 Å². The SMILES string of the molecule is CNc1nc(Nc2ccc(C)c(-n3cnnn3)c2)ncc1N(C)C. The molecule has 2 heterocycles. The normalized spacial score (nSPS) is 10.5. The summed E-state index contributed by atoms with van der Waals surface area (Å²) in [6.45, 7) is 2.00. The summed E-state index contributed by atoms with van der Waals surface area (Å²) in [5.74, 6) is 1.27. The van der Waals surface area contributed by atoms with E-state index in [9.17, 15) is 0 Å². The molecule has 24 heavy (non-hydrogen) atoms. The molecular weight excluding hydrogens is 306 g/mol. The number of anilines is 4. The zero-order valence-corrected chi connectivity index (χ0v) is 14.0. The molecule has 0 fully saturated rings. The molecule has 0 amide bonds. The summed E-state index contributed by atoms with van der Waals surface area (Å²) in [5, 5.41) is 17.6. The predicted molar refractivity (Wildman–Crippen MR) is 93.1 cm³/mol. The summed E-state index contributed by atoms with van der Waals surface area (Å²) in [6, 6.07) is 5.91. The molecule has 3 rings (SSSR count). The number of hydrogen-bond acceptors (Lipinski definition) is 8. The van der Waals surface area contributed by atoms with E-state index in [0.717, 1.165) is 28.4 Å². The number of nitrogens with one attached hydrogen (secondary N) is 2. The number of aromatic nitrogens is 6. The van der Waals surface area contributed by atoms with Crippen LogP contribution in [0.15, 0.2) is 30.7 Å². The highest BCUT2D eigenvalue weighted by molar-refractivity contribution is 5.67. The summed E-state index contributed by atoms with van der Waals surface area (Å²) < 4.78 is 1.62. The third-order valence-corrected chi connectivity index (χ3v) is 3.55. The standard InChI is InChI=1S/C15H19N9/c1-10-5-6-11(7-12(10)24-9-18-21-22-24)19-15-17-8-13(23(3)4)14(16-2)20-15/h5-9H,1-4H3,(H2,16,17,19,20). The number of aryl methyl sites for hydroxylation is 1. The van der Waals surface area contributed by atoms with Crippen LogP contribution in [0, 0.1) is 6.92 Å². The van der Waals surface area contributed by atoms with E-state index < -0.39 is 0 Å². The number of nitrogens with zero attached hydrogens (tertiary/aromatic N) is 7. The molecule has 1 aromatic carbocycles. The maximum atomic E-state index is 4.50. The van der Waals surface area contributed by atoms with Crippen LogP contribution in [0.1, 0.15) is 5.56 Å². The molecule has 9 heteroatoms. The molecule has 9 nitrogen and oxygen atoms in total. The van der Waals surface area contributed by atoms with Crippen molar-refractivity contribution in [1.29, 1.82) is 0 Å². The molecule has 124 valence electrons. The van der Waals surface area contributed by atoms with Crippen LogP contribution >= 0.6 is 0 Å². The van der Waals surface area contributed by atoms with E-state index in [-0.39, 0.29) is 0 Å². The highest BCUT2D eigenvalue weighted by Gasteiger charge is 2.09. The van der Waals surface area contributed by atoms with Crippen LogP contribution in [-0.2, 0) is 0 Å². The van der Waals surface area contributed by atoms with E-state index in [0.29, 0.717) is 5.95 Å². The molecule has 0 aliphatic rings. The van der Waals surface area contributed by atoms with Gasteiger partial charge in [0.2, 0.25) is 5.95 Å². The monoisotopic (exact) mass is 325 g/mol. The molecule has 0 spiro atoms. The highest BCUT2D eigenvalue weighted by atomic mass is 15.5. The maximum absolute atomic E-state index is 4.50. The zero-order valence-electron chi connectivity index (χ0n) is 14.0. The van der Waals surface area contributed by atoms with E-state index in [1.165, 1.54) is 0 Å². The average Bonchev–Trinajstić information content (AvgIpc) is 3.10. The Kier molecular flexibility index (Phi) is 4.23. The third kappa shape index (κ3) is 3.09. The van der Waals surface area contributed by atoms with Crippen LogP contribution in [-0.4, -0.2) is 51.3 Å². The molecule has 2 N–H and O–H groups in total. The smallest absolute Gasteiger partial charge is 0.229 e. The number of rotatable bonds is 5. The van der Waals surface area contributed by atoms with Crippen molar-refractivity contribution in [3.8, 4) is 5.69 Å². The van der Waals surface area contributed by atoms with E-state index >= 15 is 0 Å². The average molecular weight is 325 g/mol. The Hall–Kier alpha value is -3.23. The second kappa shape index (κ2) is 6.49. The molecule has 2 aromatic heterocycles. The van der Waals surface area contributed by atoms with Crippen molar-refractivity contribution in [2.75, 3.05) is 36.7 Å². The summed E-state index contributed by atoms with van der Waals surface area (Å²) in [7, 11) is 5.73. The van der Waals surface area contributed by atoms with Crippen molar-refractivity contribution >= 4 is 23.1 Å². The number of benzene rings is 1. The predicted octanol–water partition coefficient (Wildman–Crippen LogP) is 1.61. The molecule has 0 saturated heterocycles. The Morgan fingerprint density at radius 1 is 1.21 bits per heavy atom. The lowest BCUT2D eigenvalue weighted by atomic mass is 10.2. The van der Waals surface area contributed by atoms with Crippen LogP contribution in [0.3, 0.4) is 0 Å². The van der Waals surface area contributed by atoms with E-state index in [4.69, 9.17) is 0 Å². The van der Waals surface area contributed by atoms with Gasteiger partial charge in [-0.2, -0.15) is 4.98 Å². The number of hydrogen-bond donors (Lipinski definition) is 2. The molecular formula is C15H19N9. The Balaban J connectivity index is 1.90.